The molecule has 54 valence electrons. The summed E-state index contributed by atoms with van der Waals surface area (Å²) in [7, 11) is 0. The Morgan fingerprint density at radius 2 is 2.10 bits per heavy atom. The Morgan fingerprint density at radius 3 is 2.60 bits per heavy atom. The number of aromatic hydroxyl groups is 1. The molecule has 1 heterocycles. The maximum absolute atomic E-state index is 9.26. The predicted octanol–water partition coefficient (Wildman–Crippen LogP) is 2.30. The summed E-state index contributed by atoms with van der Waals surface area (Å²) < 4.78 is 1.77. The van der Waals surface area contributed by atoms with E-state index in [0.717, 1.165) is 7.27 Å². The first-order chi connectivity index (χ1) is 4.61. The van der Waals surface area contributed by atoms with Gasteiger partial charge in [0.2, 0.25) is 0 Å². The van der Waals surface area contributed by atoms with Crippen molar-refractivity contribution in [1.82, 2.24) is 4.98 Å². The lowest BCUT2D eigenvalue weighted by molar-refractivity contribution is 0.463. The number of aromatic nitrogens is 1. The Morgan fingerprint density at radius 1 is 1.50 bits per heavy atom. The van der Waals surface area contributed by atoms with Gasteiger partial charge in [0.1, 0.15) is 9.45 Å². The summed E-state index contributed by atoms with van der Waals surface area (Å²) >= 11 is 4.20. The minimum absolute atomic E-state index is 0.293. The van der Waals surface area contributed by atoms with Gasteiger partial charge in [-0.15, -0.1) is 0 Å². The van der Waals surface area contributed by atoms with Crippen LogP contribution in [0.4, 0.5) is 0 Å². The summed E-state index contributed by atoms with van der Waals surface area (Å²) in [6, 6.07) is 1.84. The van der Waals surface area contributed by atoms with E-state index < -0.39 is 0 Å². The second-order valence-electron chi connectivity index (χ2n) is 1.86. The van der Waals surface area contributed by atoms with Gasteiger partial charge in [-0.05, 0) is 58.2 Å². The molecule has 0 aliphatic rings. The molecule has 0 saturated carbocycles. The lowest BCUT2D eigenvalue weighted by Gasteiger charge is -1.99. The van der Waals surface area contributed by atoms with E-state index in [1.165, 1.54) is 0 Å². The molecule has 4 heteroatoms. The van der Waals surface area contributed by atoms with Crippen LogP contribution in [0.3, 0.4) is 0 Å². The molecule has 0 bridgehead atoms. The van der Waals surface area contributed by atoms with Crippen LogP contribution >= 0.6 is 45.2 Å². The highest BCUT2D eigenvalue weighted by Crippen LogP contribution is 2.23. The van der Waals surface area contributed by atoms with Crippen LogP contribution in [-0.2, 0) is 0 Å². The Kier molecular flexibility index (Phi) is 2.73. The average Bonchev–Trinajstić information content (AvgIpc) is 1.82. The smallest absolute Gasteiger partial charge is 0.150 e. The average molecular weight is 361 g/mol. The Balaban J connectivity index is 3.31. The SMILES string of the molecule is Cc1nc(I)cc(I)c1O. The van der Waals surface area contributed by atoms with Gasteiger partial charge >= 0.3 is 0 Å². The second kappa shape index (κ2) is 3.21. The summed E-state index contributed by atoms with van der Waals surface area (Å²) in [5.41, 5.74) is 0.691. The Labute approximate surface area is 86.3 Å². The van der Waals surface area contributed by atoms with Crippen molar-refractivity contribution in [2.75, 3.05) is 0 Å². The van der Waals surface area contributed by atoms with Crippen LogP contribution in [-0.4, -0.2) is 10.1 Å². The molecule has 0 radical (unpaired) electrons. The maximum Gasteiger partial charge on any atom is 0.150 e. The van der Waals surface area contributed by atoms with Crippen LogP contribution in [0.15, 0.2) is 6.07 Å². The number of nitrogens with zero attached hydrogens (tertiary/aromatic N) is 1. The van der Waals surface area contributed by atoms with Gasteiger partial charge in [-0.1, -0.05) is 0 Å². The molecule has 0 spiro atoms. The zero-order valence-electron chi connectivity index (χ0n) is 5.23. The third-order valence-electron chi connectivity index (χ3n) is 1.09. The van der Waals surface area contributed by atoms with Gasteiger partial charge in [0.05, 0.1) is 9.26 Å². The number of aryl methyl sites for hydroxylation is 1. The van der Waals surface area contributed by atoms with E-state index in [1.54, 1.807) is 6.92 Å². The molecule has 1 rings (SSSR count). The third kappa shape index (κ3) is 1.71. The van der Waals surface area contributed by atoms with Gasteiger partial charge < -0.3 is 5.11 Å². The van der Waals surface area contributed by atoms with E-state index in [-0.39, 0.29) is 0 Å². The van der Waals surface area contributed by atoms with Gasteiger partial charge in [-0.25, -0.2) is 4.98 Å². The van der Waals surface area contributed by atoms with Crippen molar-refractivity contribution in [2.24, 2.45) is 0 Å². The normalized spacial score (nSPS) is 9.90. The molecule has 0 fully saturated rings. The summed E-state index contributed by atoms with van der Waals surface area (Å²) in [6.45, 7) is 1.79. The number of pyridine rings is 1. The number of rotatable bonds is 0. The van der Waals surface area contributed by atoms with E-state index >= 15 is 0 Å². The van der Waals surface area contributed by atoms with Crippen molar-refractivity contribution >= 4 is 45.2 Å². The van der Waals surface area contributed by atoms with Gasteiger partial charge in [-0.3, -0.25) is 0 Å². The van der Waals surface area contributed by atoms with E-state index in [2.05, 4.69) is 50.2 Å². The molecule has 0 aliphatic heterocycles. The number of hydrogen-bond donors (Lipinski definition) is 1. The highest BCUT2D eigenvalue weighted by atomic mass is 127. The van der Waals surface area contributed by atoms with Crippen molar-refractivity contribution in [2.45, 2.75) is 6.92 Å². The summed E-state index contributed by atoms with van der Waals surface area (Å²) in [4.78, 5) is 4.07. The second-order valence-corrected chi connectivity index (χ2v) is 4.13. The van der Waals surface area contributed by atoms with Crippen LogP contribution in [0.1, 0.15) is 5.69 Å². The molecule has 0 saturated heterocycles. The first-order valence-electron chi connectivity index (χ1n) is 2.63. The molecule has 0 unspecified atom stereocenters. The summed E-state index contributed by atoms with van der Waals surface area (Å²) in [5.74, 6) is 0.293. The fraction of sp³-hybridized carbons (Fsp3) is 0.167. The van der Waals surface area contributed by atoms with Gasteiger partial charge in [-0.2, -0.15) is 0 Å². The van der Waals surface area contributed by atoms with Crippen LogP contribution in [0.25, 0.3) is 0 Å². The van der Waals surface area contributed by atoms with Crippen molar-refractivity contribution in [3.05, 3.63) is 19.0 Å². The minimum atomic E-state index is 0.293. The molecule has 2 nitrogen and oxygen atoms in total. The molecule has 10 heavy (non-hydrogen) atoms. The van der Waals surface area contributed by atoms with Crippen molar-refractivity contribution in [1.29, 1.82) is 0 Å². The molecular formula is C6H5I2NO. The fourth-order valence-electron chi connectivity index (χ4n) is 0.591. The third-order valence-corrected chi connectivity index (χ3v) is 2.46. The van der Waals surface area contributed by atoms with Crippen LogP contribution < -0.4 is 0 Å². The minimum Gasteiger partial charge on any atom is -0.505 e. The van der Waals surface area contributed by atoms with Crippen molar-refractivity contribution in [3.63, 3.8) is 0 Å². The standard InChI is InChI=1S/C6H5I2NO/c1-3-6(10)4(7)2-5(8)9-3/h2,10H,1H3. The van der Waals surface area contributed by atoms with E-state index in [1.807, 2.05) is 6.07 Å². The largest absolute Gasteiger partial charge is 0.505 e. The van der Waals surface area contributed by atoms with Crippen molar-refractivity contribution < 1.29 is 5.11 Å². The lowest BCUT2D eigenvalue weighted by Crippen LogP contribution is -1.88. The zero-order chi connectivity index (χ0) is 7.72. The molecule has 1 aromatic heterocycles. The van der Waals surface area contributed by atoms with Crippen molar-refractivity contribution in [3.8, 4) is 5.75 Å². The van der Waals surface area contributed by atoms with Crippen LogP contribution in [0.2, 0.25) is 0 Å². The molecule has 1 aromatic rings. The number of hydrogen-bond acceptors (Lipinski definition) is 2. The molecule has 0 aromatic carbocycles. The van der Waals surface area contributed by atoms with E-state index in [0.29, 0.717) is 11.4 Å². The molecular weight excluding hydrogens is 356 g/mol. The molecule has 1 N–H and O–H groups in total. The molecule has 0 aliphatic carbocycles. The van der Waals surface area contributed by atoms with Gasteiger partial charge in [0.15, 0.2) is 0 Å². The summed E-state index contributed by atoms with van der Waals surface area (Å²) in [5, 5.41) is 9.26. The highest BCUT2D eigenvalue weighted by molar-refractivity contribution is 14.1. The topological polar surface area (TPSA) is 33.1 Å². The van der Waals surface area contributed by atoms with Gasteiger partial charge in [0, 0.05) is 0 Å². The molecule has 0 amide bonds. The Hall–Kier alpha value is 0.410. The maximum atomic E-state index is 9.26. The van der Waals surface area contributed by atoms with Crippen LogP contribution in [0, 0.1) is 14.2 Å². The lowest BCUT2D eigenvalue weighted by atomic mass is 10.3. The first-order valence-corrected chi connectivity index (χ1v) is 4.78. The number of halogens is 2. The molecule has 0 atom stereocenters. The highest BCUT2D eigenvalue weighted by Gasteiger charge is 2.02. The quantitative estimate of drug-likeness (QED) is 0.569. The predicted molar refractivity (Wildman–Crippen MR) is 56.1 cm³/mol. The van der Waals surface area contributed by atoms with E-state index in [9.17, 15) is 5.11 Å². The van der Waals surface area contributed by atoms with E-state index in [4.69, 9.17) is 0 Å². The van der Waals surface area contributed by atoms with Gasteiger partial charge in [0.25, 0.3) is 0 Å². The Bertz CT molecular complexity index is 239. The zero-order valence-corrected chi connectivity index (χ0v) is 9.54. The fourth-order valence-corrected chi connectivity index (χ4v) is 2.55. The summed E-state index contributed by atoms with van der Waals surface area (Å²) in [6.07, 6.45) is 0. The monoisotopic (exact) mass is 361 g/mol. The van der Waals surface area contributed by atoms with Crippen LogP contribution in [0.5, 0.6) is 5.75 Å². The first kappa shape index (κ1) is 8.51.